The minimum Gasteiger partial charge on any atom is -0.875 e. The van der Waals surface area contributed by atoms with Gasteiger partial charge in [0.2, 0.25) is 0 Å². The lowest BCUT2D eigenvalue weighted by atomic mass is 9.92. The molecule has 0 aliphatic heterocycles. The van der Waals surface area contributed by atoms with Crippen molar-refractivity contribution in [2.45, 2.75) is 20.8 Å². The molecule has 29 heavy (non-hydrogen) atoms. The van der Waals surface area contributed by atoms with E-state index in [2.05, 4.69) is 6.07 Å². The summed E-state index contributed by atoms with van der Waals surface area (Å²) in [6.45, 7) is 5.41. The van der Waals surface area contributed by atoms with Crippen LogP contribution in [0.1, 0.15) is 36.7 Å². The SMILES string of the molecule is COc1cccc(-c2cc(C(C)=O)c3c(c2)-c2cc(=C([O-])C(C)C)ccc2=C3)c1. The third-order valence-corrected chi connectivity index (χ3v) is 5.41. The van der Waals surface area contributed by atoms with Gasteiger partial charge in [-0.3, -0.25) is 4.79 Å². The lowest BCUT2D eigenvalue weighted by molar-refractivity contribution is -0.257. The molecule has 3 nitrogen and oxygen atoms in total. The standard InChI is InChI=1S/C26H24O3/c1-15(2)26(28)19-9-8-18-11-24-22(16(3)27)13-20(14-25(24)23(18)12-19)17-6-5-7-21(10-17)29-4/h5-15,28H,1-4H3/p-1. The molecule has 0 aromatic heterocycles. The van der Waals surface area contributed by atoms with E-state index in [4.69, 9.17) is 4.74 Å². The maximum atomic E-state index is 12.5. The zero-order valence-corrected chi connectivity index (χ0v) is 17.1. The van der Waals surface area contributed by atoms with Crippen molar-refractivity contribution in [1.82, 2.24) is 0 Å². The van der Waals surface area contributed by atoms with E-state index in [1.807, 2.05) is 68.5 Å². The Bertz CT molecular complexity index is 1250. The maximum Gasteiger partial charge on any atom is 0.160 e. The fourth-order valence-corrected chi connectivity index (χ4v) is 3.85. The molecule has 3 aromatic rings. The Balaban J connectivity index is 1.98. The van der Waals surface area contributed by atoms with Crippen LogP contribution in [-0.2, 0) is 0 Å². The number of fused-ring (bicyclic) bond motifs is 3. The molecule has 4 rings (SSSR count). The predicted molar refractivity (Wildman–Crippen MR) is 115 cm³/mol. The zero-order chi connectivity index (χ0) is 20.7. The quantitative estimate of drug-likeness (QED) is 0.507. The van der Waals surface area contributed by atoms with Crippen LogP contribution in [0.3, 0.4) is 0 Å². The summed E-state index contributed by atoms with van der Waals surface area (Å²) < 4.78 is 5.36. The van der Waals surface area contributed by atoms with Crippen molar-refractivity contribution in [3.8, 4) is 28.0 Å². The van der Waals surface area contributed by atoms with Gasteiger partial charge < -0.3 is 9.84 Å². The molecule has 0 N–H and O–H groups in total. The molecule has 0 atom stereocenters. The number of ketones is 1. The number of carbonyl (C=O) groups is 1. The van der Waals surface area contributed by atoms with E-state index in [-0.39, 0.29) is 17.5 Å². The van der Waals surface area contributed by atoms with Gasteiger partial charge in [-0.05, 0) is 87.5 Å². The highest BCUT2D eigenvalue weighted by molar-refractivity contribution is 6.03. The Morgan fingerprint density at radius 3 is 2.45 bits per heavy atom. The van der Waals surface area contributed by atoms with Gasteiger partial charge in [-0.25, -0.2) is 0 Å². The van der Waals surface area contributed by atoms with Gasteiger partial charge in [-0.2, -0.15) is 0 Å². The highest BCUT2D eigenvalue weighted by atomic mass is 16.5. The second kappa shape index (κ2) is 7.25. The van der Waals surface area contributed by atoms with Crippen molar-refractivity contribution in [3.05, 3.63) is 76.2 Å². The van der Waals surface area contributed by atoms with Crippen LogP contribution in [0.5, 0.6) is 5.75 Å². The van der Waals surface area contributed by atoms with Gasteiger partial charge in [0, 0.05) is 5.56 Å². The molecule has 3 heteroatoms. The molecule has 0 heterocycles. The molecular weight excluding hydrogens is 360 g/mol. The minimum absolute atomic E-state index is 0.0218. The van der Waals surface area contributed by atoms with Crippen molar-refractivity contribution in [3.63, 3.8) is 0 Å². The molecule has 146 valence electrons. The average molecular weight is 383 g/mol. The van der Waals surface area contributed by atoms with E-state index in [0.717, 1.165) is 38.8 Å². The number of hydrogen-bond acceptors (Lipinski definition) is 3. The van der Waals surface area contributed by atoms with Gasteiger partial charge in [-0.1, -0.05) is 38.1 Å². The van der Waals surface area contributed by atoms with E-state index in [1.165, 1.54) is 0 Å². The van der Waals surface area contributed by atoms with Gasteiger partial charge in [0.25, 0.3) is 0 Å². The molecule has 0 saturated carbocycles. The van der Waals surface area contributed by atoms with E-state index in [9.17, 15) is 9.90 Å². The van der Waals surface area contributed by atoms with Crippen molar-refractivity contribution in [2.75, 3.05) is 7.11 Å². The fraction of sp³-hybridized carbons (Fsp3) is 0.192. The fourth-order valence-electron chi connectivity index (χ4n) is 3.85. The summed E-state index contributed by atoms with van der Waals surface area (Å²) in [6.07, 6.45) is 2.04. The third kappa shape index (κ3) is 3.33. The second-order valence-corrected chi connectivity index (χ2v) is 7.74. The molecule has 0 unspecified atom stereocenters. The Kier molecular flexibility index (Phi) is 4.75. The lowest BCUT2D eigenvalue weighted by Crippen LogP contribution is -2.22. The summed E-state index contributed by atoms with van der Waals surface area (Å²) in [5.41, 5.74) is 5.54. The number of hydrogen-bond donors (Lipinski definition) is 0. The predicted octanol–water partition coefficient (Wildman–Crippen LogP) is 3.50. The van der Waals surface area contributed by atoms with Crippen molar-refractivity contribution in [2.24, 2.45) is 5.92 Å². The monoisotopic (exact) mass is 383 g/mol. The first-order valence-corrected chi connectivity index (χ1v) is 9.76. The highest BCUT2D eigenvalue weighted by Crippen LogP contribution is 2.35. The van der Waals surface area contributed by atoms with Crippen molar-refractivity contribution < 1.29 is 14.6 Å². The van der Waals surface area contributed by atoms with Gasteiger partial charge >= 0.3 is 0 Å². The molecule has 3 aromatic carbocycles. The smallest absolute Gasteiger partial charge is 0.160 e. The van der Waals surface area contributed by atoms with Gasteiger partial charge in [0.15, 0.2) is 5.78 Å². The van der Waals surface area contributed by atoms with E-state index in [1.54, 1.807) is 14.0 Å². The van der Waals surface area contributed by atoms with Crippen molar-refractivity contribution in [1.29, 1.82) is 0 Å². The third-order valence-electron chi connectivity index (χ3n) is 5.41. The summed E-state index contributed by atoms with van der Waals surface area (Å²) in [7, 11) is 1.64. The number of carbonyl (C=O) groups excluding carboxylic acids is 1. The molecule has 1 aliphatic carbocycles. The summed E-state index contributed by atoms with van der Waals surface area (Å²) >= 11 is 0. The summed E-state index contributed by atoms with van der Waals surface area (Å²) in [6, 6.07) is 17.7. The largest absolute Gasteiger partial charge is 0.875 e. The number of ether oxygens (including phenoxy) is 1. The van der Waals surface area contributed by atoms with E-state index in [0.29, 0.717) is 10.8 Å². The number of methoxy groups -OCH3 is 1. The summed E-state index contributed by atoms with van der Waals surface area (Å²) in [5.74, 6) is 0.850. The van der Waals surface area contributed by atoms with Crippen LogP contribution in [-0.4, -0.2) is 12.9 Å². The zero-order valence-electron chi connectivity index (χ0n) is 17.1. The molecule has 0 spiro atoms. The molecule has 1 aliphatic rings. The van der Waals surface area contributed by atoms with Crippen LogP contribution < -0.4 is 20.3 Å². The summed E-state index contributed by atoms with van der Waals surface area (Å²) in [5, 5.41) is 14.2. The van der Waals surface area contributed by atoms with Crippen LogP contribution in [0, 0.1) is 5.92 Å². The Hall–Kier alpha value is -3.33. The molecule has 0 amide bonds. The maximum absolute atomic E-state index is 12.5. The normalized spacial score (nSPS) is 12.9. The van der Waals surface area contributed by atoms with Gasteiger partial charge in [-0.15, -0.1) is 5.76 Å². The van der Waals surface area contributed by atoms with Crippen molar-refractivity contribution >= 4 is 17.6 Å². The van der Waals surface area contributed by atoms with Crippen LogP contribution in [0.15, 0.2) is 54.6 Å². The number of Topliss-reactive ketones (excluding diaryl/α,β-unsaturated/α-hetero) is 1. The highest BCUT2D eigenvalue weighted by Gasteiger charge is 2.19. The lowest BCUT2D eigenvalue weighted by Gasteiger charge is -2.16. The Morgan fingerprint density at radius 2 is 1.76 bits per heavy atom. The van der Waals surface area contributed by atoms with Crippen LogP contribution >= 0.6 is 0 Å². The summed E-state index contributed by atoms with van der Waals surface area (Å²) in [4.78, 5) is 12.4. The Morgan fingerprint density at radius 1 is 0.966 bits per heavy atom. The molecule has 0 bridgehead atoms. The number of benzene rings is 3. The molecule has 0 fully saturated rings. The van der Waals surface area contributed by atoms with Crippen LogP contribution in [0.2, 0.25) is 0 Å². The van der Waals surface area contributed by atoms with Crippen LogP contribution in [0.4, 0.5) is 0 Å². The number of rotatable bonds is 4. The molecule has 0 radical (unpaired) electrons. The van der Waals surface area contributed by atoms with Gasteiger partial charge in [0.05, 0.1) is 7.11 Å². The van der Waals surface area contributed by atoms with Gasteiger partial charge in [0.1, 0.15) is 5.75 Å². The molecular formula is C26H23O3-. The van der Waals surface area contributed by atoms with Crippen LogP contribution in [0.25, 0.3) is 34.1 Å². The molecule has 0 saturated heterocycles. The second-order valence-electron chi connectivity index (χ2n) is 7.74. The minimum atomic E-state index is -0.0613. The van der Waals surface area contributed by atoms with E-state index >= 15 is 0 Å². The topological polar surface area (TPSA) is 49.4 Å². The first-order chi connectivity index (χ1) is 13.9. The first kappa shape index (κ1) is 19.0. The average Bonchev–Trinajstić information content (AvgIpc) is 3.10. The Labute approximate surface area is 170 Å². The first-order valence-electron chi connectivity index (χ1n) is 9.76. The van der Waals surface area contributed by atoms with E-state index < -0.39 is 0 Å².